The molecule has 0 saturated carbocycles. The molecule has 0 unspecified atom stereocenters. The van der Waals surface area contributed by atoms with Crippen molar-refractivity contribution in [1.82, 2.24) is 14.6 Å². The number of hydrogen-bond donors (Lipinski definition) is 2. The maximum atomic E-state index is 12.6. The van der Waals surface area contributed by atoms with Gasteiger partial charge in [-0.1, -0.05) is 0 Å². The van der Waals surface area contributed by atoms with Crippen molar-refractivity contribution in [1.29, 1.82) is 0 Å². The molecule has 0 aromatic carbocycles. The molecule has 2 amide bonds. The van der Waals surface area contributed by atoms with Gasteiger partial charge in [-0.25, -0.2) is 14.3 Å². The lowest BCUT2D eigenvalue weighted by Crippen LogP contribution is -2.17. The number of carbonyl (C=O) groups excluding carboxylic acids is 3. The molecule has 0 aliphatic heterocycles. The van der Waals surface area contributed by atoms with Gasteiger partial charge in [0.25, 0.3) is 11.8 Å². The quantitative estimate of drug-likeness (QED) is 0.645. The number of rotatable bonds is 5. The smallest absolute Gasteiger partial charge is 0.341 e. The molecular weight excluding hydrogens is 370 g/mol. The molecule has 10 heteroatoms. The van der Waals surface area contributed by atoms with Gasteiger partial charge in [-0.15, -0.1) is 11.3 Å². The highest BCUT2D eigenvalue weighted by Crippen LogP contribution is 2.34. The number of amides is 2. The van der Waals surface area contributed by atoms with E-state index >= 15 is 0 Å². The Hall–Kier alpha value is -3.27. The molecule has 3 rings (SSSR count). The topological polar surface area (TPSA) is 129 Å². The summed E-state index contributed by atoms with van der Waals surface area (Å²) in [6, 6.07) is 3.19. The van der Waals surface area contributed by atoms with E-state index in [0.29, 0.717) is 11.2 Å². The predicted octanol–water partition coefficient (Wildman–Crippen LogP) is 2.02. The number of fused-ring (bicyclic) bond motifs is 1. The second-order valence-electron chi connectivity index (χ2n) is 5.98. The fourth-order valence-electron chi connectivity index (χ4n) is 2.46. The van der Waals surface area contributed by atoms with E-state index in [4.69, 9.17) is 10.5 Å². The van der Waals surface area contributed by atoms with E-state index in [1.54, 1.807) is 39.2 Å². The third kappa shape index (κ3) is 3.65. The maximum Gasteiger partial charge on any atom is 0.341 e. The molecule has 27 heavy (non-hydrogen) atoms. The molecule has 0 aliphatic rings. The van der Waals surface area contributed by atoms with Crippen LogP contribution < -0.4 is 11.1 Å². The van der Waals surface area contributed by atoms with Crippen molar-refractivity contribution < 1.29 is 19.1 Å². The van der Waals surface area contributed by atoms with Gasteiger partial charge in [0.1, 0.15) is 5.00 Å². The predicted molar refractivity (Wildman–Crippen MR) is 99.1 cm³/mol. The van der Waals surface area contributed by atoms with Crippen LogP contribution >= 0.6 is 11.3 Å². The second-order valence-corrected chi connectivity index (χ2v) is 7.01. The van der Waals surface area contributed by atoms with Crippen molar-refractivity contribution in [2.45, 2.75) is 26.9 Å². The number of nitrogens with two attached hydrogens (primary N) is 1. The first kappa shape index (κ1) is 18.5. The first-order valence-corrected chi connectivity index (χ1v) is 8.85. The van der Waals surface area contributed by atoms with Crippen molar-refractivity contribution >= 4 is 39.8 Å². The normalized spacial score (nSPS) is 11.0. The number of nitrogens with one attached hydrogen (secondary N) is 1. The van der Waals surface area contributed by atoms with Crippen LogP contribution in [0.15, 0.2) is 24.5 Å². The third-order valence-electron chi connectivity index (χ3n) is 3.61. The first-order valence-electron chi connectivity index (χ1n) is 8.04. The molecule has 0 saturated heterocycles. The number of thiophene rings is 1. The highest BCUT2D eigenvalue weighted by atomic mass is 32.1. The summed E-state index contributed by atoms with van der Waals surface area (Å²) >= 11 is 0.922. The number of aromatic nitrogens is 3. The molecule has 140 valence electrons. The van der Waals surface area contributed by atoms with Crippen LogP contribution in [0.25, 0.3) is 5.65 Å². The number of ether oxygens (including phenoxy) is 1. The highest BCUT2D eigenvalue weighted by Gasteiger charge is 2.27. The van der Waals surface area contributed by atoms with Gasteiger partial charge in [-0.05, 0) is 32.4 Å². The summed E-state index contributed by atoms with van der Waals surface area (Å²) in [6.07, 6.45) is 2.88. The summed E-state index contributed by atoms with van der Waals surface area (Å²) < 4.78 is 6.68. The molecule has 3 aromatic rings. The molecule has 0 fully saturated rings. The average Bonchev–Trinajstić information content (AvgIpc) is 3.15. The molecule has 0 radical (unpaired) electrons. The van der Waals surface area contributed by atoms with Crippen molar-refractivity contribution in [3.05, 3.63) is 46.2 Å². The van der Waals surface area contributed by atoms with Gasteiger partial charge in [-0.2, -0.15) is 5.10 Å². The van der Waals surface area contributed by atoms with Crippen molar-refractivity contribution in [2.75, 3.05) is 5.32 Å². The monoisotopic (exact) mass is 387 g/mol. The molecular formula is C17H17N5O4S. The Morgan fingerprint density at radius 1 is 1.33 bits per heavy atom. The molecule has 0 spiro atoms. The Morgan fingerprint density at radius 3 is 2.70 bits per heavy atom. The highest BCUT2D eigenvalue weighted by molar-refractivity contribution is 7.18. The summed E-state index contributed by atoms with van der Waals surface area (Å²) in [6.45, 7) is 4.99. The second kappa shape index (κ2) is 7.16. The number of anilines is 1. The summed E-state index contributed by atoms with van der Waals surface area (Å²) in [5.41, 5.74) is 6.47. The molecule has 3 aromatic heterocycles. The number of hydrogen-bond acceptors (Lipinski definition) is 7. The largest absolute Gasteiger partial charge is 0.459 e. The summed E-state index contributed by atoms with van der Waals surface area (Å²) in [7, 11) is 0. The zero-order valence-corrected chi connectivity index (χ0v) is 15.7. The van der Waals surface area contributed by atoms with Crippen molar-refractivity contribution in [3.63, 3.8) is 0 Å². The van der Waals surface area contributed by atoms with Gasteiger partial charge >= 0.3 is 5.97 Å². The summed E-state index contributed by atoms with van der Waals surface area (Å²) in [4.78, 5) is 41.0. The summed E-state index contributed by atoms with van der Waals surface area (Å²) in [5.74, 6) is -1.87. The standard InChI is InChI=1S/C17H17N5O4S/c1-8(2)26-17(25)12-9(3)13(14(18)23)27-16(12)20-15(24)10-7-11-19-5-4-6-22(11)21-10/h4-8H,1-3H3,(H2,18,23)(H,20,24). The lowest BCUT2D eigenvalue weighted by atomic mass is 10.1. The lowest BCUT2D eigenvalue weighted by molar-refractivity contribution is 0.0379. The van der Waals surface area contributed by atoms with Crippen LogP contribution in [-0.4, -0.2) is 38.5 Å². The number of nitrogens with zero attached hydrogens (tertiary/aromatic N) is 3. The van der Waals surface area contributed by atoms with Crippen LogP contribution in [0.2, 0.25) is 0 Å². The Bertz CT molecular complexity index is 1020. The Kier molecular flexibility index (Phi) is 4.91. The fourth-order valence-corrected chi connectivity index (χ4v) is 3.51. The van der Waals surface area contributed by atoms with Crippen LogP contribution in [0.1, 0.15) is 49.9 Å². The number of carbonyl (C=O) groups is 3. The van der Waals surface area contributed by atoms with E-state index in [0.717, 1.165) is 11.3 Å². The SMILES string of the molecule is Cc1c(C(N)=O)sc(NC(=O)c2cc3ncccn3n2)c1C(=O)OC(C)C. The van der Waals surface area contributed by atoms with Crippen LogP contribution in [-0.2, 0) is 4.74 Å². The Labute approximate surface area is 158 Å². The van der Waals surface area contributed by atoms with E-state index in [-0.39, 0.29) is 27.2 Å². The molecule has 0 bridgehead atoms. The zero-order valence-electron chi connectivity index (χ0n) is 14.8. The van der Waals surface area contributed by atoms with E-state index in [9.17, 15) is 14.4 Å². The van der Waals surface area contributed by atoms with Gasteiger partial charge in [0.2, 0.25) is 0 Å². The third-order valence-corrected chi connectivity index (χ3v) is 4.84. The Morgan fingerprint density at radius 2 is 2.07 bits per heavy atom. The minimum atomic E-state index is -0.687. The van der Waals surface area contributed by atoms with E-state index in [2.05, 4.69) is 15.4 Å². The van der Waals surface area contributed by atoms with Crippen LogP contribution in [0.3, 0.4) is 0 Å². The minimum absolute atomic E-state index is 0.109. The first-order chi connectivity index (χ1) is 12.8. The summed E-state index contributed by atoms with van der Waals surface area (Å²) in [5, 5.41) is 6.94. The lowest BCUT2D eigenvalue weighted by Gasteiger charge is -2.10. The fraction of sp³-hybridized carbons (Fsp3) is 0.235. The van der Waals surface area contributed by atoms with E-state index < -0.39 is 17.8 Å². The van der Waals surface area contributed by atoms with Crippen LogP contribution in [0.5, 0.6) is 0 Å². The van der Waals surface area contributed by atoms with Crippen LogP contribution in [0.4, 0.5) is 5.00 Å². The van der Waals surface area contributed by atoms with E-state index in [1.807, 2.05) is 0 Å². The number of esters is 1. The minimum Gasteiger partial charge on any atom is -0.459 e. The number of primary amides is 1. The molecule has 3 heterocycles. The van der Waals surface area contributed by atoms with Gasteiger partial charge in [0.05, 0.1) is 16.5 Å². The van der Waals surface area contributed by atoms with Crippen LogP contribution in [0, 0.1) is 6.92 Å². The molecule has 0 atom stereocenters. The van der Waals surface area contributed by atoms with Crippen molar-refractivity contribution in [3.8, 4) is 0 Å². The molecule has 0 aliphatic carbocycles. The van der Waals surface area contributed by atoms with E-state index in [1.165, 1.54) is 10.6 Å². The van der Waals surface area contributed by atoms with Gasteiger partial charge in [0.15, 0.2) is 11.3 Å². The van der Waals surface area contributed by atoms with Gasteiger partial charge in [0, 0.05) is 18.5 Å². The molecule has 9 nitrogen and oxygen atoms in total. The van der Waals surface area contributed by atoms with Gasteiger partial charge < -0.3 is 15.8 Å². The average molecular weight is 387 g/mol. The van der Waals surface area contributed by atoms with Gasteiger partial charge in [-0.3, -0.25) is 9.59 Å². The maximum absolute atomic E-state index is 12.6. The zero-order chi connectivity index (χ0) is 19.7. The molecule has 3 N–H and O–H groups in total. The van der Waals surface area contributed by atoms with Crippen molar-refractivity contribution in [2.24, 2.45) is 5.73 Å². The Balaban J connectivity index is 1.97.